The van der Waals surface area contributed by atoms with Crippen LogP contribution in [0.2, 0.25) is 0 Å². The van der Waals surface area contributed by atoms with E-state index in [9.17, 15) is 8.78 Å². The lowest BCUT2D eigenvalue weighted by Crippen LogP contribution is -2.02. The van der Waals surface area contributed by atoms with Gasteiger partial charge in [-0.05, 0) is 60.4 Å². The highest BCUT2D eigenvalue weighted by Gasteiger charge is 2.10. The summed E-state index contributed by atoms with van der Waals surface area (Å²) in [5, 5.41) is 0. The molecule has 0 heterocycles. The Morgan fingerprint density at radius 2 is 1.72 bits per heavy atom. The number of halogens is 2. The van der Waals surface area contributed by atoms with Crippen molar-refractivity contribution < 1.29 is 8.78 Å². The summed E-state index contributed by atoms with van der Waals surface area (Å²) in [6, 6.07) is 8.06. The molecule has 94 valence electrons. The average Bonchev–Trinajstić information content (AvgIpc) is 2.32. The van der Waals surface area contributed by atoms with Gasteiger partial charge in [-0.3, -0.25) is 0 Å². The first kappa shape index (κ1) is 12.7. The van der Waals surface area contributed by atoms with E-state index in [1.807, 2.05) is 6.92 Å². The Balaban J connectivity index is 2.60. The maximum atomic E-state index is 13.7. The lowest BCUT2D eigenvalue weighted by atomic mass is 9.96. The number of nitrogens with two attached hydrogens (primary N) is 1. The van der Waals surface area contributed by atoms with Crippen LogP contribution in [0.25, 0.3) is 11.1 Å². The second-order valence-corrected chi connectivity index (χ2v) is 4.43. The third-order valence-electron chi connectivity index (χ3n) is 3.05. The van der Waals surface area contributed by atoms with Gasteiger partial charge in [-0.1, -0.05) is 6.07 Å². The Labute approximate surface area is 105 Å². The summed E-state index contributed by atoms with van der Waals surface area (Å²) in [4.78, 5) is 0. The lowest BCUT2D eigenvalue weighted by molar-refractivity contribution is 0.602. The first-order chi connectivity index (χ1) is 8.52. The van der Waals surface area contributed by atoms with E-state index in [0.717, 1.165) is 16.7 Å². The van der Waals surface area contributed by atoms with Gasteiger partial charge in [0, 0.05) is 12.1 Å². The predicted molar refractivity (Wildman–Crippen MR) is 69.2 cm³/mol. The molecule has 0 aliphatic carbocycles. The fourth-order valence-corrected chi connectivity index (χ4v) is 2.10. The molecule has 0 aliphatic rings. The second kappa shape index (κ2) is 4.86. The van der Waals surface area contributed by atoms with E-state index in [-0.39, 0.29) is 18.2 Å². The molecule has 2 aromatic rings. The molecule has 0 atom stereocenters. The van der Waals surface area contributed by atoms with Gasteiger partial charge in [-0.15, -0.1) is 0 Å². The molecule has 0 fully saturated rings. The summed E-state index contributed by atoms with van der Waals surface area (Å²) in [5.41, 5.74) is 9.15. The second-order valence-electron chi connectivity index (χ2n) is 4.43. The average molecular weight is 247 g/mol. The Morgan fingerprint density at radius 3 is 2.33 bits per heavy atom. The van der Waals surface area contributed by atoms with Gasteiger partial charge in [0.05, 0.1) is 0 Å². The smallest absolute Gasteiger partial charge is 0.130 e. The van der Waals surface area contributed by atoms with Crippen molar-refractivity contribution in [1.29, 1.82) is 0 Å². The summed E-state index contributed by atoms with van der Waals surface area (Å²) in [6.45, 7) is 3.69. The van der Waals surface area contributed by atoms with Gasteiger partial charge in [0.2, 0.25) is 0 Å². The van der Waals surface area contributed by atoms with Crippen molar-refractivity contribution in [1.82, 2.24) is 0 Å². The fraction of sp³-hybridized carbons (Fsp3) is 0.200. The van der Waals surface area contributed by atoms with Crippen LogP contribution < -0.4 is 5.73 Å². The number of aryl methyl sites for hydroxylation is 2. The topological polar surface area (TPSA) is 26.0 Å². The van der Waals surface area contributed by atoms with Crippen molar-refractivity contribution in [2.45, 2.75) is 20.4 Å². The highest BCUT2D eigenvalue weighted by atomic mass is 19.1. The van der Waals surface area contributed by atoms with E-state index in [0.29, 0.717) is 11.1 Å². The maximum absolute atomic E-state index is 13.7. The van der Waals surface area contributed by atoms with E-state index < -0.39 is 0 Å². The van der Waals surface area contributed by atoms with Crippen LogP contribution in [0.15, 0.2) is 30.3 Å². The molecule has 0 unspecified atom stereocenters. The van der Waals surface area contributed by atoms with Gasteiger partial charge in [-0.2, -0.15) is 0 Å². The lowest BCUT2D eigenvalue weighted by Gasteiger charge is -2.11. The predicted octanol–water partition coefficient (Wildman–Crippen LogP) is 3.71. The van der Waals surface area contributed by atoms with Crippen molar-refractivity contribution in [3.8, 4) is 11.1 Å². The first-order valence-corrected chi connectivity index (χ1v) is 5.78. The summed E-state index contributed by atoms with van der Waals surface area (Å²) in [6.07, 6.45) is 0. The standard InChI is InChI=1S/C15H15F2N/c1-9-6-13(16)3-4-14(9)11-5-10(2)15(17)12(7-11)8-18/h3-7H,8,18H2,1-2H3. The van der Waals surface area contributed by atoms with Crippen LogP contribution in [0.4, 0.5) is 8.78 Å². The molecular weight excluding hydrogens is 232 g/mol. The number of hydrogen-bond donors (Lipinski definition) is 1. The third-order valence-corrected chi connectivity index (χ3v) is 3.05. The zero-order chi connectivity index (χ0) is 13.3. The van der Waals surface area contributed by atoms with Crippen molar-refractivity contribution >= 4 is 0 Å². The van der Waals surface area contributed by atoms with E-state index in [1.165, 1.54) is 12.1 Å². The van der Waals surface area contributed by atoms with Gasteiger partial charge in [0.1, 0.15) is 11.6 Å². The van der Waals surface area contributed by atoms with Crippen LogP contribution in [0.5, 0.6) is 0 Å². The normalized spacial score (nSPS) is 10.7. The minimum Gasteiger partial charge on any atom is -0.326 e. The van der Waals surface area contributed by atoms with E-state index in [4.69, 9.17) is 5.73 Å². The Kier molecular flexibility index (Phi) is 3.43. The summed E-state index contributed by atoms with van der Waals surface area (Å²) >= 11 is 0. The number of benzene rings is 2. The van der Waals surface area contributed by atoms with Crippen molar-refractivity contribution in [3.63, 3.8) is 0 Å². The summed E-state index contributed by atoms with van der Waals surface area (Å²) < 4.78 is 26.8. The monoisotopic (exact) mass is 247 g/mol. The summed E-state index contributed by atoms with van der Waals surface area (Å²) in [7, 11) is 0. The van der Waals surface area contributed by atoms with Crippen LogP contribution in [0, 0.1) is 25.5 Å². The van der Waals surface area contributed by atoms with Gasteiger partial charge in [0.25, 0.3) is 0 Å². The Morgan fingerprint density at radius 1 is 1.00 bits per heavy atom. The molecule has 2 N–H and O–H groups in total. The van der Waals surface area contributed by atoms with Gasteiger partial charge >= 0.3 is 0 Å². The highest BCUT2D eigenvalue weighted by molar-refractivity contribution is 5.68. The van der Waals surface area contributed by atoms with E-state index >= 15 is 0 Å². The maximum Gasteiger partial charge on any atom is 0.130 e. The minimum atomic E-state index is -0.269. The van der Waals surface area contributed by atoms with E-state index in [2.05, 4.69) is 0 Å². The number of hydrogen-bond acceptors (Lipinski definition) is 1. The van der Waals surface area contributed by atoms with Crippen LogP contribution in [-0.2, 0) is 6.54 Å². The highest BCUT2D eigenvalue weighted by Crippen LogP contribution is 2.27. The Hall–Kier alpha value is -1.74. The SMILES string of the molecule is Cc1cc(F)ccc1-c1cc(C)c(F)c(CN)c1. The molecule has 0 bridgehead atoms. The Bertz CT molecular complexity index is 591. The number of rotatable bonds is 2. The van der Waals surface area contributed by atoms with Crippen molar-refractivity contribution in [2.24, 2.45) is 5.73 Å². The fourth-order valence-electron chi connectivity index (χ4n) is 2.10. The molecule has 18 heavy (non-hydrogen) atoms. The summed E-state index contributed by atoms with van der Waals surface area (Å²) in [5.74, 6) is -0.532. The third kappa shape index (κ3) is 2.27. The quantitative estimate of drug-likeness (QED) is 0.860. The van der Waals surface area contributed by atoms with Gasteiger partial charge in [-0.25, -0.2) is 8.78 Å². The molecule has 0 saturated heterocycles. The minimum absolute atomic E-state index is 0.154. The molecule has 0 spiro atoms. The zero-order valence-corrected chi connectivity index (χ0v) is 10.4. The largest absolute Gasteiger partial charge is 0.326 e. The van der Waals surface area contributed by atoms with Crippen LogP contribution in [0.1, 0.15) is 16.7 Å². The molecule has 3 heteroatoms. The molecule has 0 radical (unpaired) electrons. The molecule has 1 nitrogen and oxygen atoms in total. The molecule has 2 rings (SSSR count). The molecule has 0 amide bonds. The van der Waals surface area contributed by atoms with Crippen molar-refractivity contribution in [2.75, 3.05) is 0 Å². The van der Waals surface area contributed by atoms with Gasteiger partial charge < -0.3 is 5.73 Å². The van der Waals surface area contributed by atoms with Crippen LogP contribution >= 0.6 is 0 Å². The molecule has 0 aliphatic heterocycles. The molecule has 0 aromatic heterocycles. The van der Waals surface area contributed by atoms with Crippen molar-refractivity contribution in [3.05, 3.63) is 58.7 Å². The molecule has 0 saturated carbocycles. The van der Waals surface area contributed by atoms with Crippen LogP contribution in [-0.4, -0.2) is 0 Å². The first-order valence-electron chi connectivity index (χ1n) is 5.78. The van der Waals surface area contributed by atoms with E-state index in [1.54, 1.807) is 25.1 Å². The molecular formula is C15H15F2N. The van der Waals surface area contributed by atoms with Gasteiger partial charge in [0.15, 0.2) is 0 Å². The van der Waals surface area contributed by atoms with Crippen LogP contribution in [0.3, 0.4) is 0 Å². The zero-order valence-electron chi connectivity index (χ0n) is 10.4. The molecule has 2 aromatic carbocycles.